The van der Waals surface area contributed by atoms with E-state index in [-0.39, 0.29) is 18.0 Å². The molecule has 2 saturated heterocycles. The number of thioether (sulfide) groups is 1. The molecule has 2 fully saturated rings. The fraction of sp³-hybridized carbons (Fsp3) is 0.364. The lowest BCUT2D eigenvalue weighted by molar-refractivity contribution is -0.132. The predicted octanol–water partition coefficient (Wildman–Crippen LogP) is 4.38. The number of thiazole rings is 1. The second kappa shape index (κ2) is 7.98. The first-order valence-corrected chi connectivity index (χ1v) is 13.5. The third-order valence-corrected chi connectivity index (χ3v) is 10.4. The molecule has 156 valence electrons. The molecule has 0 aliphatic carbocycles. The van der Waals surface area contributed by atoms with E-state index in [1.807, 2.05) is 35.2 Å². The molecule has 5 rings (SSSR count). The van der Waals surface area contributed by atoms with Crippen molar-refractivity contribution in [1.29, 1.82) is 0 Å². The minimum Gasteiger partial charge on any atom is -0.336 e. The fourth-order valence-corrected chi connectivity index (χ4v) is 8.51. The van der Waals surface area contributed by atoms with E-state index in [0.29, 0.717) is 23.5 Å². The average molecular weight is 459 g/mol. The normalized spacial score (nSPS) is 23.7. The molecular formula is C22H22N2O3S3. The molecule has 2 bridgehead atoms. The summed E-state index contributed by atoms with van der Waals surface area (Å²) >= 11 is 3.09. The van der Waals surface area contributed by atoms with Gasteiger partial charge in [-0.1, -0.05) is 42.1 Å². The number of nitrogens with zero attached hydrogens (tertiary/aromatic N) is 2. The van der Waals surface area contributed by atoms with Crippen LogP contribution in [0.25, 0.3) is 10.2 Å². The Bertz CT molecular complexity index is 1130. The molecule has 2 aliphatic heterocycles. The number of hydrogen-bond acceptors (Lipinski definition) is 6. The number of para-hydroxylation sites is 1. The van der Waals surface area contributed by atoms with Gasteiger partial charge in [-0.15, -0.1) is 11.3 Å². The summed E-state index contributed by atoms with van der Waals surface area (Å²) in [6, 6.07) is 16.7. The molecule has 2 unspecified atom stereocenters. The highest BCUT2D eigenvalue weighted by atomic mass is 32.2. The zero-order valence-corrected chi connectivity index (χ0v) is 18.8. The van der Waals surface area contributed by atoms with Crippen LogP contribution in [0.15, 0.2) is 63.8 Å². The Morgan fingerprint density at radius 1 is 1.03 bits per heavy atom. The molecule has 2 atom stereocenters. The van der Waals surface area contributed by atoms with Crippen LogP contribution >= 0.6 is 23.1 Å². The van der Waals surface area contributed by atoms with Gasteiger partial charge in [0.25, 0.3) is 0 Å². The Hall–Kier alpha value is -1.90. The van der Waals surface area contributed by atoms with Crippen LogP contribution in [0.5, 0.6) is 0 Å². The Labute approximate surface area is 184 Å². The number of carbonyl (C=O) groups excluding carboxylic acids is 1. The van der Waals surface area contributed by atoms with Gasteiger partial charge < -0.3 is 4.90 Å². The Kier molecular flexibility index (Phi) is 5.33. The molecule has 5 nitrogen and oxygen atoms in total. The van der Waals surface area contributed by atoms with Crippen LogP contribution in [-0.2, 0) is 14.6 Å². The molecule has 1 amide bonds. The zero-order chi connectivity index (χ0) is 20.7. The summed E-state index contributed by atoms with van der Waals surface area (Å²) in [6.07, 6.45) is 2.85. The maximum atomic E-state index is 13.1. The molecule has 2 aromatic carbocycles. The van der Waals surface area contributed by atoms with Gasteiger partial charge in [-0.3, -0.25) is 4.79 Å². The predicted molar refractivity (Wildman–Crippen MR) is 121 cm³/mol. The molecule has 1 aromatic heterocycles. The molecule has 3 aromatic rings. The van der Waals surface area contributed by atoms with Crippen LogP contribution in [0.4, 0.5) is 0 Å². The number of amides is 1. The summed E-state index contributed by atoms with van der Waals surface area (Å²) < 4.78 is 28.2. The van der Waals surface area contributed by atoms with E-state index in [1.165, 1.54) is 11.8 Å². The standard InChI is InChI=1S/C22H22N2O3S3/c25-21(14-28-22-23-19-8-4-5-9-20(19)29-22)24-15-10-11-16(24)13-18(12-15)30(26,27)17-6-2-1-3-7-17/h1-9,15-16,18H,10-14H2. The van der Waals surface area contributed by atoms with Crippen molar-refractivity contribution in [3.63, 3.8) is 0 Å². The number of fused-ring (bicyclic) bond motifs is 3. The zero-order valence-electron chi connectivity index (χ0n) is 16.3. The second-order valence-corrected chi connectivity index (χ2v) is 12.4. The molecular weight excluding hydrogens is 436 g/mol. The van der Waals surface area contributed by atoms with Crippen molar-refractivity contribution in [3.8, 4) is 0 Å². The third-order valence-electron chi connectivity index (χ3n) is 6.08. The largest absolute Gasteiger partial charge is 0.336 e. The summed E-state index contributed by atoms with van der Waals surface area (Å²) in [6.45, 7) is 0. The van der Waals surface area contributed by atoms with Crippen LogP contribution in [0.3, 0.4) is 0 Å². The number of benzene rings is 2. The minimum atomic E-state index is -3.36. The van der Waals surface area contributed by atoms with E-state index in [2.05, 4.69) is 4.98 Å². The van der Waals surface area contributed by atoms with Crippen molar-refractivity contribution in [2.45, 2.75) is 52.3 Å². The highest BCUT2D eigenvalue weighted by Crippen LogP contribution is 2.40. The first-order valence-electron chi connectivity index (χ1n) is 10.1. The summed E-state index contributed by atoms with van der Waals surface area (Å²) in [7, 11) is -3.36. The lowest BCUT2D eigenvalue weighted by Gasteiger charge is -2.38. The molecule has 2 aliphatic rings. The third kappa shape index (κ3) is 3.65. The van der Waals surface area contributed by atoms with Crippen molar-refractivity contribution < 1.29 is 13.2 Å². The van der Waals surface area contributed by atoms with Gasteiger partial charge in [-0.05, 0) is 49.9 Å². The molecule has 0 radical (unpaired) electrons. The van der Waals surface area contributed by atoms with Gasteiger partial charge in [0.15, 0.2) is 14.2 Å². The van der Waals surface area contributed by atoms with Crippen LogP contribution < -0.4 is 0 Å². The first-order chi connectivity index (χ1) is 14.5. The SMILES string of the molecule is O=C(CSc1nc2ccccc2s1)N1C2CCC1CC(S(=O)(=O)c1ccccc1)C2. The van der Waals surface area contributed by atoms with Gasteiger partial charge in [-0.2, -0.15) is 0 Å². The van der Waals surface area contributed by atoms with E-state index in [9.17, 15) is 13.2 Å². The Morgan fingerprint density at radius 2 is 1.70 bits per heavy atom. The first kappa shape index (κ1) is 20.0. The summed E-state index contributed by atoms with van der Waals surface area (Å²) in [5.41, 5.74) is 0.962. The maximum Gasteiger partial charge on any atom is 0.233 e. The number of sulfone groups is 1. The highest BCUT2D eigenvalue weighted by Gasteiger charge is 2.46. The second-order valence-electron chi connectivity index (χ2n) is 7.87. The van der Waals surface area contributed by atoms with Crippen molar-refractivity contribution in [3.05, 3.63) is 54.6 Å². The van der Waals surface area contributed by atoms with Crippen LogP contribution in [0.2, 0.25) is 0 Å². The van der Waals surface area contributed by atoms with Gasteiger partial charge in [0.05, 0.1) is 26.1 Å². The number of aromatic nitrogens is 1. The number of rotatable bonds is 5. The minimum absolute atomic E-state index is 0.0238. The van der Waals surface area contributed by atoms with Gasteiger partial charge in [0, 0.05) is 12.1 Å². The number of hydrogen-bond donors (Lipinski definition) is 0. The Balaban J connectivity index is 1.26. The summed E-state index contributed by atoms with van der Waals surface area (Å²) in [5, 5.41) is -0.404. The van der Waals surface area contributed by atoms with E-state index in [0.717, 1.165) is 27.4 Å². The van der Waals surface area contributed by atoms with E-state index < -0.39 is 15.1 Å². The van der Waals surface area contributed by atoms with Crippen LogP contribution in [0, 0.1) is 0 Å². The summed E-state index contributed by atoms with van der Waals surface area (Å²) in [4.78, 5) is 20.0. The number of piperidine rings is 1. The molecule has 3 heterocycles. The fourth-order valence-electron chi connectivity index (χ4n) is 4.70. The van der Waals surface area contributed by atoms with Gasteiger partial charge in [0.1, 0.15) is 0 Å². The van der Waals surface area contributed by atoms with Crippen LogP contribution in [-0.4, -0.2) is 47.3 Å². The van der Waals surface area contributed by atoms with Gasteiger partial charge in [0.2, 0.25) is 5.91 Å². The van der Waals surface area contributed by atoms with Crippen molar-refractivity contribution in [2.24, 2.45) is 0 Å². The van der Waals surface area contributed by atoms with E-state index >= 15 is 0 Å². The highest BCUT2D eigenvalue weighted by molar-refractivity contribution is 8.01. The monoisotopic (exact) mass is 458 g/mol. The smallest absolute Gasteiger partial charge is 0.233 e. The quantitative estimate of drug-likeness (QED) is 0.531. The van der Waals surface area contributed by atoms with E-state index in [1.54, 1.807) is 35.6 Å². The molecule has 0 spiro atoms. The van der Waals surface area contributed by atoms with E-state index in [4.69, 9.17) is 0 Å². The average Bonchev–Trinajstić information content (AvgIpc) is 3.30. The Morgan fingerprint density at radius 3 is 2.40 bits per heavy atom. The molecule has 8 heteroatoms. The van der Waals surface area contributed by atoms with Crippen molar-refractivity contribution in [1.82, 2.24) is 9.88 Å². The summed E-state index contributed by atoms with van der Waals surface area (Å²) in [5.74, 6) is 0.449. The van der Waals surface area contributed by atoms with Gasteiger partial charge in [-0.25, -0.2) is 13.4 Å². The molecule has 0 saturated carbocycles. The van der Waals surface area contributed by atoms with Crippen molar-refractivity contribution >= 4 is 49.1 Å². The van der Waals surface area contributed by atoms with Gasteiger partial charge >= 0.3 is 0 Å². The number of carbonyl (C=O) groups is 1. The molecule has 30 heavy (non-hydrogen) atoms. The topological polar surface area (TPSA) is 67.3 Å². The van der Waals surface area contributed by atoms with Crippen LogP contribution in [0.1, 0.15) is 25.7 Å². The molecule has 0 N–H and O–H groups in total. The van der Waals surface area contributed by atoms with Crippen molar-refractivity contribution in [2.75, 3.05) is 5.75 Å². The maximum absolute atomic E-state index is 13.1. The lowest BCUT2D eigenvalue weighted by atomic mass is 10.0. The lowest BCUT2D eigenvalue weighted by Crippen LogP contribution is -2.50.